The number of piperidine rings is 1. The van der Waals surface area contributed by atoms with Crippen LogP contribution in [0.1, 0.15) is 31.2 Å². The number of aromatic nitrogens is 2. The summed E-state index contributed by atoms with van der Waals surface area (Å²) in [5.74, 6) is 1.73. The molecule has 1 aliphatic rings. The topological polar surface area (TPSA) is 71.8 Å². The number of esters is 1. The van der Waals surface area contributed by atoms with Gasteiger partial charge in [-0.15, -0.1) is 24.0 Å². The van der Waals surface area contributed by atoms with Gasteiger partial charge < -0.3 is 19.5 Å². The third-order valence-corrected chi connectivity index (χ3v) is 5.03. The van der Waals surface area contributed by atoms with Crippen molar-refractivity contribution in [2.75, 3.05) is 26.7 Å². The normalized spacial score (nSPS) is 15.0. The number of benzene rings is 1. The van der Waals surface area contributed by atoms with Gasteiger partial charge in [-0.25, -0.2) is 4.98 Å². The van der Waals surface area contributed by atoms with Gasteiger partial charge in [-0.3, -0.25) is 9.79 Å². The highest BCUT2D eigenvalue weighted by atomic mass is 127. The number of hydrogen-bond acceptors (Lipinski definition) is 4. The summed E-state index contributed by atoms with van der Waals surface area (Å²) in [4.78, 5) is 23.0. The number of nitrogens with zero attached hydrogens (tertiary/aromatic N) is 4. The maximum absolute atomic E-state index is 11.9. The van der Waals surface area contributed by atoms with Crippen molar-refractivity contribution < 1.29 is 9.53 Å². The minimum atomic E-state index is -0.0759. The van der Waals surface area contributed by atoms with Crippen molar-refractivity contribution in [2.45, 2.75) is 32.9 Å². The predicted octanol–water partition coefficient (Wildman–Crippen LogP) is 2.90. The maximum atomic E-state index is 11.9. The van der Waals surface area contributed by atoms with Crippen LogP contribution in [0.5, 0.6) is 0 Å². The average Bonchev–Trinajstić information content (AvgIpc) is 3.17. The minimum Gasteiger partial charge on any atom is -0.466 e. The third-order valence-electron chi connectivity index (χ3n) is 5.03. The first-order valence-corrected chi connectivity index (χ1v) is 9.87. The number of carbonyl (C=O) groups excluding carboxylic acids is 1. The Labute approximate surface area is 189 Å². The zero-order chi connectivity index (χ0) is 19.8. The number of nitrogens with one attached hydrogen (secondary N) is 1. The van der Waals surface area contributed by atoms with Gasteiger partial charge in [0.2, 0.25) is 0 Å². The monoisotopic (exact) mass is 511 g/mol. The van der Waals surface area contributed by atoms with Crippen molar-refractivity contribution in [1.82, 2.24) is 19.8 Å². The Balaban J connectivity index is 0.00000300. The van der Waals surface area contributed by atoms with E-state index in [1.165, 1.54) is 5.56 Å². The molecule has 8 heteroatoms. The maximum Gasteiger partial charge on any atom is 0.309 e. The second-order valence-electron chi connectivity index (χ2n) is 6.87. The molecule has 0 saturated carbocycles. The van der Waals surface area contributed by atoms with Crippen LogP contribution in [0.4, 0.5) is 0 Å². The van der Waals surface area contributed by atoms with Crippen molar-refractivity contribution >= 4 is 35.9 Å². The van der Waals surface area contributed by atoms with Crippen molar-refractivity contribution in [3.63, 3.8) is 0 Å². The Hall–Kier alpha value is -2.10. The smallest absolute Gasteiger partial charge is 0.309 e. The molecule has 158 valence electrons. The van der Waals surface area contributed by atoms with Crippen molar-refractivity contribution in [3.05, 3.63) is 54.1 Å². The van der Waals surface area contributed by atoms with E-state index in [0.717, 1.165) is 44.3 Å². The van der Waals surface area contributed by atoms with E-state index in [2.05, 4.69) is 36.9 Å². The molecular formula is C21H30IN5O2. The number of likely N-dealkylation sites (tertiary alicyclic amines) is 1. The summed E-state index contributed by atoms with van der Waals surface area (Å²) in [6.07, 6.45) is 5.41. The standard InChI is InChI=1S/C21H29N5O2.HI/c1-3-28-20(27)18-9-12-25(13-10-18)21(22-2)24-15-19-23-11-14-26(19)16-17-7-5-4-6-8-17;/h4-8,11,14,18H,3,9-10,12-13,15-16H2,1-2H3,(H,22,24);1H. The second-order valence-corrected chi connectivity index (χ2v) is 6.87. The van der Waals surface area contributed by atoms with E-state index in [0.29, 0.717) is 13.2 Å². The van der Waals surface area contributed by atoms with Gasteiger partial charge in [0.15, 0.2) is 5.96 Å². The lowest BCUT2D eigenvalue weighted by Gasteiger charge is -2.33. The molecule has 2 heterocycles. The van der Waals surface area contributed by atoms with Crippen molar-refractivity contribution in [2.24, 2.45) is 10.9 Å². The minimum absolute atomic E-state index is 0. The zero-order valence-electron chi connectivity index (χ0n) is 17.1. The summed E-state index contributed by atoms with van der Waals surface area (Å²) in [5, 5.41) is 3.41. The predicted molar refractivity (Wildman–Crippen MR) is 124 cm³/mol. The molecule has 2 aromatic rings. The van der Waals surface area contributed by atoms with E-state index in [-0.39, 0.29) is 35.9 Å². The molecule has 1 aliphatic heterocycles. The molecule has 1 fully saturated rings. The number of hydrogen-bond donors (Lipinski definition) is 1. The lowest BCUT2D eigenvalue weighted by molar-refractivity contribution is -0.149. The summed E-state index contributed by atoms with van der Waals surface area (Å²) < 4.78 is 7.29. The Morgan fingerprint density at radius 1 is 1.28 bits per heavy atom. The van der Waals surface area contributed by atoms with Crippen LogP contribution in [0, 0.1) is 5.92 Å². The molecule has 1 aromatic carbocycles. The van der Waals surface area contributed by atoms with Crippen LogP contribution >= 0.6 is 24.0 Å². The fraction of sp³-hybridized carbons (Fsp3) is 0.476. The molecule has 0 unspecified atom stereocenters. The quantitative estimate of drug-likeness (QED) is 0.280. The van der Waals surface area contributed by atoms with Gasteiger partial charge in [-0.2, -0.15) is 0 Å². The van der Waals surface area contributed by atoms with E-state index < -0.39 is 0 Å². The molecule has 0 amide bonds. The lowest BCUT2D eigenvalue weighted by Crippen LogP contribution is -2.46. The van der Waals surface area contributed by atoms with Gasteiger partial charge in [-0.05, 0) is 25.3 Å². The van der Waals surface area contributed by atoms with Gasteiger partial charge in [0.1, 0.15) is 5.82 Å². The molecule has 3 rings (SSSR count). The van der Waals surface area contributed by atoms with Gasteiger partial charge in [0.25, 0.3) is 0 Å². The van der Waals surface area contributed by atoms with E-state index >= 15 is 0 Å². The summed E-state index contributed by atoms with van der Waals surface area (Å²) >= 11 is 0. The molecule has 0 atom stereocenters. The number of aliphatic imine (C=N–C) groups is 1. The lowest BCUT2D eigenvalue weighted by atomic mass is 9.97. The van der Waals surface area contributed by atoms with Crippen LogP contribution in [0.25, 0.3) is 0 Å². The number of rotatable bonds is 6. The first kappa shape index (κ1) is 23.2. The zero-order valence-corrected chi connectivity index (χ0v) is 19.4. The Kier molecular flexibility index (Phi) is 9.43. The van der Waals surface area contributed by atoms with Gasteiger partial charge >= 0.3 is 5.97 Å². The number of ether oxygens (including phenoxy) is 1. The van der Waals surface area contributed by atoms with E-state index in [9.17, 15) is 4.79 Å². The van der Waals surface area contributed by atoms with Crippen molar-refractivity contribution in [3.8, 4) is 0 Å². The van der Waals surface area contributed by atoms with Crippen LogP contribution in [-0.4, -0.2) is 53.1 Å². The SMILES string of the molecule is CCOC(=O)C1CCN(C(=NC)NCc2nccn2Cc2ccccc2)CC1.I. The number of imidazole rings is 1. The third kappa shape index (κ3) is 6.45. The first-order chi connectivity index (χ1) is 13.7. The highest BCUT2D eigenvalue weighted by Crippen LogP contribution is 2.18. The molecule has 0 aliphatic carbocycles. The molecule has 29 heavy (non-hydrogen) atoms. The molecular weight excluding hydrogens is 481 g/mol. The number of carbonyl (C=O) groups is 1. The van der Waals surface area contributed by atoms with Crippen molar-refractivity contribution in [1.29, 1.82) is 0 Å². The van der Waals surface area contributed by atoms with Crippen LogP contribution < -0.4 is 5.32 Å². The average molecular weight is 511 g/mol. The highest BCUT2D eigenvalue weighted by molar-refractivity contribution is 14.0. The number of guanidine groups is 1. The van der Waals surface area contributed by atoms with E-state index in [1.807, 2.05) is 37.5 Å². The second kappa shape index (κ2) is 11.8. The number of halogens is 1. The largest absolute Gasteiger partial charge is 0.466 e. The van der Waals surface area contributed by atoms with Crippen LogP contribution in [0.3, 0.4) is 0 Å². The van der Waals surface area contributed by atoms with E-state index in [4.69, 9.17) is 4.74 Å². The molecule has 1 N–H and O–H groups in total. The van der Waals surface area contributed by atoms with Crippen LogP contribution in [0.2, 0.25) is 0 Å². The van der Waals surface area contributed by atoms with Gasteiger partial charge in [-0.1, -0.05) is 30.3 Å². The summed E-state index contributed by atoms with van der Waals surface area (Å²) in [6, 6.07) is 10.3. The molecule has 0 spiro atoms. The van der Waals surface area contributed by atoms with Gasteiger partial charge in [0, 0.05) is 39.1 Å². The first-order valence-electron chi connectivity index (χ1n) is 9.87. The fourth-order valence-corrected chi connectivity index (χ4v) is 3.51. The summed E-state index contributed by atoms with van der Waals surface area (Å²) in [6.45, 7) is 5.27. The fourth-order valence-electron chi connectivity index (χ4n) is 3.51. The molecule has 1 aromatic heterocycles. The molecule has 1 saturated heterocycles. The molecule has 0 bridgehead atoms. The Bertz CT molecular complexity index is 785. The highest BCUT2D eigenvalue weighted by Gasteiger charge is 2.27. The Morgan fingerprint density at radius 3 is 2.66 bits per heavy atom. The summed E-state index contributed by atoms with van der Waals surface area (Å²) in [5.41, 5.74) is 1.24. The summed E-state index contributed by atoms with van der Waals surface area (Å²) in [7, 11) is 1.79. The molecule has 7 nitrogen and oxygen atoms in total. The molecule has 0 radical (unpaired) electrons. The van der Waals surface area contributed by atoms with Crippen LogP contribution in [0.15, 0.2) is 47.7 Å². The van der Waals surface area contributed by atoms with Crippen LogP contribution in [-0.2, 0) is 22.6 Å². The van der Waals surface area contributed by atoms with E-state index in [1.54, 1.807) is 7.05 Å². The van der Waals surface area contributed by atoms with Gasteiger partial charge in [0.05, 0.1) is 19.1 Å². The Morgan fingerprint density at radius 2 is 2.00 bits per heavy atom.